The Labute approximate surface area is 131 Å². The molecule has 0 saturated carbocycles. The highest BCUT2D eigenvalue weighted by Crippen LogP contribution is 2.36. The maximum absolute atomic E-state index is 10.0. The Morgan fingerprint density at radius 3 is 2.57 bits per heavy atom. The highest BCUT2D eigenvalue weighted by atomic mass is 32.2. The number of thiophene rings is 1. The molecule has 0 aliphatic rings. The van der Waals surface area contributed by atoms with Crippen LogP contribution in [0.3, 0.4) is 0 Å². The summed E-state index contributed by atoms with van der Waals surface area (Å²) in [7, 11) is 0. The summed E-state index contributed by atoms with van der Waals surface area (Å²) < 4.78 is 1.04. The van der Waals surface area contributed by atoms with E-state index in [4.69, 9.17) is 10.3 Å². The second-order valence-corrected chi connectivity index (χ2v) is 7.18. The van der Waals surface area contributed by atoms with Gasteiger partial charge in [0.25, 0.3) is 0 Å². The van der Waals surface area contributed by atoms with Gasteiger partial charge in [-0.2, -0.15) is 0 Å². The number of hydrogen-bond acceptors (Lipinski definition) is 6. The number of hydrogen-bond donors (Lipinski definition) is 3. The van der Waals surface area contributed by atoms with Crippen LogP contribution in [0.15, 0.2) is 50.0 Å². The highest BCUT2D eigenvalue weighted by Gasteiger charge is 2.23. The van der Waals surface area contributed by atoms with Crippen molar-refractivity contribution in [3.63, 3.8) is 0 Å². The molecule has 3 N–H and O–H groups in total. The van der Waals surface area contributed by atoms with Crippen molar-refractivity contribution in [3.05, 3.63) is 46.8 Å². The van der Waals surface area contributed by atoms with Gasteiger partial charge in [-0.05, 0) is 48.6 Å². The number of rotatable bonds is 5. The fourth-order valence-corrected chi connectivity index (χ4v) is 3.76. The normalized spacial score (nSPS) is 15.0. The highest BCUT2D eigenvalue weighted by molar-refractivity contribution is 8.01. The molecule has 112 valence electrons. The molecule has 1 unspecified atom stereocenters. The van der Waals surface area contributed by atoms with Gasteiger partial charge in [0, 0.05) is 4.90 Å². The second kappa shape index (κ2) is 6.62. The van der Waals surface area contributed by atoms with Crippen molar-refractivity contribution in [1.82, 2.24) is 0 Å². The first kappa shape index (κ1) is 16.0. The Morgan fingerprint density at radius 1 is 1.33 bits per heavy atom. The van der Waals surface area contributed by atoms with Crippen LogP contribution in [-0.4, -0.2) is 27.7 Å². The molecule has 4 nitrogen and oxygen atoms in total. The summed E-state index contributed by atoms with van der Waals surface area (Å²) >= 11 is 3.12. The molecular formula is C15H17NO3S2. The van der Waals surface area contributed by atoms with E-state index < -0.39 is 5.60 Å². The minimum atomic E-state index is -1.20. The lowest BCUT2D eigenvalue weighted by Crippen LogP contribution is -2.24. The van der Waals surface area contributed by atoms with Gasteiger partial charge in [-0.3, -0.25) is 0 Å². The van der Waals surface area contributed by atoms with E-state index in [9.17, 15) is 5.11 Å². The Hall–Kier alpha value is -1.34. The third-order valence-corrected chi connectivity index (χ3v) is 5.23. The van der Waals surface area contributed by atoms with Crippen LogP contribution in [0.5, 0.6) is 0 Å². The fourth-order valence-electron chi connectivity index (χ4n) is 1.68. The first-order valence-electron chi connectivity index (χ1n) is 6.35. The third kappa shape index (κ3) is 3.85. The number of benzene rings is 1. The minimum absolute atomic E-state index is 0.303. The molecule has 0 saturated heterocycles. The second-order valence-electron chi connectivity index (χ2n) is 4.90. The van der Waals surface area contributed by atoms with Crippen LogP contribution in [0.1, 0.15) is 25.0 Å². The lowest BCUT2D eigenvalue weighted by molar-refractivity contribution is -0.00203. The van der Waals surface area contributed by atoms with Gasteiger partial charge in [0.1, 0.15) is 5.60 Å². The molecule has 21 heavy (non-hydrogen) atoms. The largest absolute Gasteiger partial charge is 0.411 e. The number of oxime groups is 1. The lowest BCUT2D eigenvalue weighted by Gasteiger charge is -2.18. The SMILES string of the molecule is C/C(=N\O)c1ccc(Sc2cc(C(C)(O)CO)cs2)cc1. The average Bonchev–Trinajstić information content (AvgIpc) is 2.96. The van der Waals surface area contributed by atoms with E-state index in [0.29, 0.717) is 5.71 Å². The topological polar surface area (TPSA) is 73.1 Å². The van der Waals surface area contributed by atoms with Crippen molar-refractivity contribution in [1.29, 1.82) is 0 Å². The van der Waals surface area contributed by atoms with Gasteiger partial charge < -0.3 is 15.4 Å². The van der Waals surface area contributed by atoms with Gasteiger partial charge in [-0.25, -0.2) is 0 Å². The first-order valence-corrected chi connectivity index (χ1v) is 8.05. The van der Waals surface area contributed by atoms with E-state index in [1.54, 1.807) is 25.6 Å². The molecule has 0 amide bonds. The van der Waals surface area contributed by atoms with Crippen molar-refractivity contribution in [3.8, 4) is 0 Å². The molecule has 1 aromatic carbocycles. The molecule has 0 radical (unpaired) electrons. The molecule has 0 aliphatic carbocycles. The number of aliphatic hydroxyl groups excluding tert-OH is 1. The van der Waals surface area contributed by atoms with Gasteiger partial charge in [0.2, 0.25) is 0 Å². The Bertz CT molecular complexity index is 633. The van der Waals surface area contributed by atoms with Crippen LogP contribution in [0, 0.1) is 0 Å². The summed E-state index contributed by atoms with van der Waals surface area (Å²) in [5.74, 6) is 0. The third-order valence-electron chi connectivity index (χ3n) is 3.15. The first-order chi connectivity index (χ1) is 9.96. The Balaban J connectivity index is 2.12. The maximum Gasteiger partial charge on any atom is 0.111 e. The van der Waals surface area contributed by atoms with Gasteiger partial charge in [0.05, 0.1) is 16.5 Å². The standard InChI is InChI=1S/C15H17NO3S2/c1-10(16-19)11-3-5-13(6-4-11)21-14-7-12(8-20-14)15(2,18)9-17/h3-8,17-19H,9H2,1-2H3/b16-10+. The van der Waals surface area contributed by atoms with Crippen molar-refractivity contribution >= 4 is 28.8 Å². The quantitative estimate of drug-likeness (QED) is 0.448. The number of nitrogens with zero attached hydrogens (tertiary/aromatic N) is 1. The molecular weight excluding hydrogens is 306 g/mol. The van der Waals surface area contributed by atoms with Crippen molar-refractivity contribution in [2.24, 2.45) is 5.16 Å². The van der Waals surface area contributed by atoms with Gasteiger partial charge in [0.15, 0.2) is 0 Å². The lowest BCUT2D eigenvalue weighted by atomic mass is 10.0. The van der Waals surface area contributed by atoms with Crippen LogP contribution < -0.4 is 0 Å². The molecule has 2 rings (SSSR count). The summed E-state index contributed by atoms with van der Waals surface area (Å²) in [6.07, 6.45) is 0. The van der Waals surface area contributed by atoms with Gasteiger partial charge in [-0.15, -0.1) is 11.3 Å². The molecule has 1 atom stereocenters. The zero-order chi connectivity index (χ0) is 15.5. The summed E-state index contributed by atoms with van der Waals surface area (Å²) in [6, 6.07) is 9.60. The summed E-state index contributed by atoms with van der Waals surface area (Å²) in [5.41, 5.74) is 0.965. The van der Waals surface area contributed by atoms with E-state index in [1.807, 2.05) is 35.7 Å². The molecule has 0 aliphatic heterocycles. The maximum atomic E-state index is 10.0. The number of aliphatic hydroxyl groups is 2. The molecule has 6 heteroatoms. The monoisotopic (exact) mass is 323 g/mol. The van der Waals surface area contributed by atoms with Crippen LogP contribution in [-0.2, 0) is 5.60 Å². The van der Waals surface area contributed by atoms with Gasteiger partial charge in [-0.1, -0.05) is 29.1 Å². The van der Waals surface area contributed by atoms with E-state index >= 15 is 0 Å². The average molecular weight is 323 g/mol. The molecule has 0 fully saturated rings. The van der Waals surface area contributed by atoms with E-state index in [2.05, 4.69) is 5.16 Å². The zero-order valence-electron chi connectivity index (χ0n) is 11.8. The molecule has 0 bridgehead atoms. The van der Waals surface area contributed by atoms with Crippen LogP contribution in [0.25, 0.3) is 0 Å². The molecule has 0 spiro atoms. The van der Waals surface area contributed by atoms with Crippen molar-refractivity contribution < 1.29 is 15.4 Å². The zero-order valence-corrected chi connectivity index (χ0v) is 13.4. The Morgan fingerprint density at radius 2 is 2.00 bits per heavy atom. The van der Waals surface area contributed by atoms with Crippen LogP contribution in [0.2, 0.25) is 0 Å². The van der Waals surface area contributed by atoms with Crippen LogP contribution >= 0.6 is 23.1 Å². The fraction of sp³-hybridized carbons (Fsp3) is 0.267. The van der Waals surface area contributed by atoms with E-state index in [1.165, 1.54) is 11.3 Å². The summed E-state index contributed by atoms with van der Waals surface area (Å²) in [5, 5.41) is 32.9. The predicted octanol–water partition coefficient (Wildman–Crippen LogP) is 3.30. The van der Waals surface area contributed by atoms with E-state index in [-0.39, 0.29) is 6.61 Å². The summed E-state index contributed by atoms with van der Waals surface area (Å²) in [4.78, 5) is 1.06. The van der Waals surface area contributed by atoms with Crippen LogP contribution in [0.4, 0.5) is 0 Å². The van der Waals surface area contributed by atoms with E-state index in [0.717, 1.165) is 20.2 Å². The molecule has 1 aromatic heterocycles. The molecule has 2 aromatic rings. The Kier molecular flexibility index (Phi) is 5.05. The minimum Gasteiger partial charge on any atom is -0.411 e. The van der Waals surface area contributed by atoms with Crippen molar-refractivity contribution in [2.75, 3.05) is 6.61 Å². The molecule has 1 heterocycles. The predicted molar refractivity (Wildman–Crippen MR) is 85.5 cm³/mol. The smallest absolute Gasteiger partial charge is 0.111 e. The summed E-state index contributed by atoms with van der Waals surface area (Å²) in [6.45, 7) is 3.03. The van der Waals surface area contributed by atoms with Crippen molar-refractivity contribution in [2.45, 2.75) is 28.6 Å². The van der Waals surface area contributed by atoms with Gasteiger partial charge >= 0.3 is 0 Å².